The van der Waals surface area contributed by atoms with Crippen LogP contribution in [0.3, 0.4) is 0 Å². The van der Waals surface area contributed by atoms with Gasteiger partial charge in [0.2, 0.25) is 10.0 Å². The third-order valence-electron chi connectivity index (χ3n) is 3.17. The number of aliphatic hydroxyl groups is 1. The lowest BCUT2D eigenvalue weighted by Crippen LogP contribution is -2.33. The van der Waals surface area contributed by atoms with Crippen LogP contribution in [0.25, 0.3) is 0 Å². The molecule has 0 aliphatic rings. The van der Waals surface area contributed by atoms with E-state index in [1.165, 1.54) is 0 Å². The van der Waals surface area contributed by atoms with Crippen molar-refractivity contribution in [3.8, 4) is 0 Å². The molecule has 1 atom stereocenters. The highest BCUT2D eigenvalue weighted by molar-refractivity contribution is 7.89. The van der Waals surface area contributed by atoms with Gasteiger partial charge in [0, 0.05) is 6.04 Å². The van der Waals surface area contributed by atoms with E-state index in [1.807, 2.05) is 20.8 Å². The first-order valence-corrected chi connectivity index (χ1v) is 8.03. The van der Waals surface area contributed by atoms with Gasteiger partial charge in [-0.15, -0.1) is 0 Å². The minimum absolute atomic E-state index is 0.0896. The van der Waals surface area contributed by atoms with E-state index >= 15 is 0 Å². The average Bonchev–Trinajstić information content (AvgIpc) is 2.28. The van der Waals surface area contributed by atoms with Gasteiger partial charge in [-0.1, -0.05) is 19.4 Å². The van der Waals surface area contributed by atoms with Crippen LogP contribution in [0.2, 0.25) is 0 Å². The van der Waals surface area contributed by atoms with Crippen LogP contribution >= 0.6 is 0 Å². The molecule has 108 valence electrons. The lowest BCUT2D eigenvalue weighted by atomic mass is 10.1. The normalized spacial score (nSPS) is 13.5. The summed E-state index contributed by atoms with van der Waals surface area (Å²) in [5.41, 5.74) is 2.25. The molecule has 1 unspecified atom stereocenters. The Morgan fingerprint density at radius 1 is 1.26 bits per heavy atom. The summed E-state index contributed by atoms with van der Waals surface area (Å²) in [6.45, 7) is 7.36. The monoisotopic (exact) mass is 285 g/mol. The highest BCUT2D eigenvalue weighted by Crippen LogP contribution is 2.21. The first-order chi connectivity index (χ1) is 8.81. The zero-order valence-corrected chi connectivity index (χ0v) is 12.8. The van der Waals surface area contributed by atoms with E-state index in [4.69, 9.17) is 0 Å². The summed E-state index contributed by atoms with van der Waals surface area (Å²) in [4.78, 5) is 0.255. The maximum atomic E-state index is 12.3. The fourth-order valence-corrected chi connectivity index (χ4v) is 3.71. The highest BCUT2D eigenvalue weighted by Gasteiger charge is 2.20. The predicted octanol–water partition coefficient (Wildman–Crippen LogP) is 2.26. The fourth-order valence-electron chi connectivity index (χ4n) is 2.15. The minimum atomic E-state index is -3.52. The molecular formula is C14H23NO3S. The molecule has 1 rings (SSSR count). The van der Waals surface area contributed by atoms with Crippen molar-refractivity contribution in [2.75, 3.05) is 0 Å². The van der Waals surface area contributed by atoms with Gasteiger partial charge < -0.3 is 5.11 Å². The van der Waals surface area contributed by atoms with Crippen molar-refractivity contribution >= 4 is 10.0 Å². The SMILES string of the molecule is CCCC(C)NS(=O)(=O)c1cc(CO)c(C)cc1C. The summed E-state index contributed by atoms with van der Waals surface area (Å²) < 4.78 is 27.3. The molecule has 0 aliphatic carbocycles. The Kier molecular flexibility index (Phi) is 5.52. The molecule has 0 saturated heterocycles. The van der Waals surface area contributed by atoms with Gasteiger partial charge in [-0.2, -0.15) is 0 Å². The Labute approximate surface area is 115 Å². The van der Waals surface area contributed by atoms with E-state index in [9.17, 15) is 13.5 Å². The zero-order valence-electron chi connectivity index (χ0n) is 12.0. The van der Waals surface area contributed by atoms with E-state index in [1.54, 1.807) is 19.1 Å². The number of sulfonamides is 1. The van der Waals surface area contributed by atoms with E-state index in [2.05, 4.69) is 4.72 Å². The Hall–Kier alpha value is -0.910. The lowest BCUT2D eigenvalue weighted by Gasteiger charge is -2.16. The number of aliphatic hydroxyl groups excluding tert-OH is 1. The molecule has 0 fully saturated rings. The number of benzene rings is 1. The van der Waals surface area contributed by atoms with E-state index in [-0.39, 0.29) is 17.5 Å². The number of hydrogen-bond donors (Lipinski definition) is 2. The van der Waals surface area contributed by atoms with Crippen molar-refractivity contribution in [3.63, 3.8) is 0 Å². The van der Waals surface area contributed by atoms with Crippen molar-refractivity contribution < 1.29 is 13.5 Å². The van der Waals surface area contributed by atoms with E-state index in [0.717, 1.165) is 18.4 Å². The summed E-state index contributed by atoms with van der Waals surface area (Å²) in [5.74, 6) is 0. The molecular weight excluding hydrogens is 262 g/mol. The summed E-state index contributed by atoms with van der Waals surface area (Å²) >= 11 is 0. The van der Waals surface area contributed by atoms with Crippen molar-refractivity contribution in [1.29, 1.82) is 0 Å². The van der Waals surface area contributed by atoms with Gasteiger partial charge in [0.05, 0.1) is 11.5 Å². The Balaban J connectivity index is 3.14. The second-order valence-electron chi connectivity index (χ2n) is 5.01. The van der Waals surface area contributed by atoms with Crippen LogP contribution < -0.4 is 4.72 Å². The summed E-state index contributed by atoms with van der Waals surface area (Å²) in [5, 5.41) is 9.25. The maximum absolute atomic E-state index is 12.3. The number of rotatable bonds is 6. The van der Waals surface area contributed by atoms with E-state index < -0.39 is 10.0 Å². The average molecular weight is 285 g/mol. The first kappa shape index (κ1) is 16.1. The smallest absolute Gasteiger partial charge is 0.241 e. The van der Waals surface area contributed by atoms with Crippen molar-refractivity contribution in [2.24, 2.45) is 0 Å². The zero-order chi connectivity index (χ0) is 14.6. The van der Waals surface area contributed by atoms with Gasteiger partial charge in [-0.3, -0.25) is 0 Å². The molecule has 1 aromatic rings. The summed E-state index contributed by atoms with van der Waals surface area (Å²) in [6, 6.07) is 3.27. The van der Waals surface area contributed by atoms with Crippen molar-refractivity contribution in [3.05, 3.63) is 28.8 Å². The quantitative estimate of drug-likeness (QED) is 0.842. The van der Waals surface area contributed by atoms with Crippen LogP contribution in [-0.2, 0) is 16.6 Å². The van der Waals surface area contributed by atoms with Crippen LogP contribution in [0.15, 0.2) is 17.0 Å². The minimum Gasteiger partial charge on any atom is -0.392 e. The molecule has 0 aliphatic heterocycles. The lowest BCUT2D eigenvalue weighted by molar-refractivity contribution is 0.280. The van der Waals surface area contributed by atoms with Gasteiger partial charge in [0.15, 0.2) is 0 Å². The molecule has 5 heteroatoms. The second kappa shape index (κ2) is 6.50. The molecule has 1 aromatic carbocycles. The standard InChI is InChI=1S/C14H23NO3S/c1-5-6-12(4)15-19(17,18)14-8-13(9-16)10(2)7-11(14)3/h7-8,12,15-16H,5-6,9H2,1-4H3. The van der Waals surface area contributed by atoms with Crippen LogP contribution in [0, 0.1) is 13.8 Å². The van der Waals surface area contributed by atoms with Crippen LogP contribution in [0.1, 0.15) is 43.4 Å². The van der Waals surface area contributed by atoms with Gasteiger partial charge in [0.1, 0.15) is 0 Å². The molecule has 4 nitrogen and oxygen atoms in total. The molecule has 0 aromatic heterocycles. The van der Waals surface area contributed by atoms with Gasteiger partial charge in [-0.05, 0) is 49.9 Å². The molecule has 0 heterocycles. The summed E-state index contributed by atoms with van der Waals surface area (Å²) in [7, 11) is -3.52. The van der Waals surface area contributed by atoms with Crippen LogP contribution in [0.4, 0.5) is 0 Å². The van der Waals surface area contributed by atoms with Crippen molar-refractivity contribution in [2.45, 2.75) is 58.1 Å². The highest BCUT2D eigenvalue weighted by atomic mass is 32.2. The fraction of sp³-hybridized carbons (Fsp3) is 0.571. The van der Waals surface area contributed by atoms with Gasteiger partial charge >= 0.3 is 0 Å². The van der Waals surface area contributed by atoms with Crippen molar-refractivity contribution in [1.82, 2.24) is 4.72 Å². The van der Waals surface area contributed by atoms with Crippen LogP contribution in [-0.4, -0.2) is 19.6 Å². The molecule has 0 bridgehead atoms. The predicted molar refractivity (Wildman–Crippen MR) is 76.5 cm³/mol. The molecule has 0 amide bonds. The molecule has 0 spiro atoms. The summed E-state index contributed by atoms with van der Waals surface area (Å²) in [6.07, 6.45) is 1.73. The third kappa shape index (κ3) is 4.03. The first-order valence-electron chi connectivity index (χ1n) is 6.55. The Morgan fingerprint density at radius 3 is 2.42 bits per heavy atom. The number of nitrogens with one attached hydrogen (secondary N) is 1. The molecule has 19 heavy (non-hydrogen) atoms. The molecule has 2 N–H and O–H groups in total. The van der Waals surface area contributed by atoms with E-state index in [0.29, 0.717) is 11.1 Å². The maximum Gasteiger partial charge on any atom is 0.241 e. The Morgan fingerprint density at radius 2 is 1.89 bits per heavy atom. The number of aryl methyl sites for hydroxylation is 2. The molecule has 0 radical (unpaired) electrons. The Bertz CT molecular complexity index is 538. The van der Waals surface area contributed by atoms with Gasteiger partial charge in [0.25, 0.3) is 0 Å². The molecule has 0 saturated carbocycles. The third-order valence-corrected chi connectivity index (χ3v) is 4.90. The topological polar surface area (TPSA) is 66.4 Å². The second-order valence-corrected chi connectivity index (χ2v) is 6.70. The van der Waals surface area contributed by atoms with Gasteiger partial charge in [-0.25, -0.2) is 13.1 Å². The number of hydrogen-bond acceptors (Lipinski definition) is 3. The van der Waals surface area contributed by atoms with Crippen LogP contribution in [0.5, 0.6) is 0 Å². The largest absolute Gasteiger partial charge is 0.392 e.